The molecule has 382 valence electrons. The van der Waals surface area contributed by atoms with E-state index in [1.807, 2.05) is 0 Å². The SMILES string of the molecule is CCC/C=C\C/C=C\CCCCCCCC(=O)OC(COCCCCCCCCCCCC/C=C\C/C=C\CCCCC)COC(=O)CCCCCCCCC/C=C\C/C=C\CCCCC. The van der Waals surface area contributed by atoms with Gasteiger partial charge in [0, 0.05) is 19.4 Å². The van der Waals surface area contributed by atoms with Crippen LogP contribution in [0.15, 0.2) is 72.9 Å². The van der Waals surface area contributed by atoms with Crippen LogP contribution in [0.5, 0.6) is 0 Å². The highest BCUT2D eigenvalue weighted by molar-refractivity contribution is 5.70. The largest absolute Gasteiger partial charge is 0.462 e. The van der Waals surface area contributed by atoms with E-state index in [2.05, 4.69) is 93.7 Å². The summed E-state index contributed by atoms with van der Waals surface area (Å²) in [5.74, 6) is -0.418. The first-order chi connectivity index (χ1) is 32.6. The van der Waals surface area contributed by atoms with Crippen LogP contribution in [0.25, 0.3) is 0 Å². The third-order valence-corrected chi connectivity index (χ3v) is 12.2. The molecule has 0 N–H and O–H groups in total. The van der Waals surface area contributed by atoms with Gasteiger partial charge in [0.15, 0.2) is 6.10 Å². The summed E-state index contributed by atoms with van der Waals surface area (Å²) in [6.45, 7) is 7.71. The van der Waals surface area contributed by atoms with E-state index in [0.29, 0.717) is 19.4 Å². The third-order valence-electron chi connectivity index (χ3n) is 12.2. The van der Waals surface area contributed by atoms with Crippen molar-refractivity contribution < 1.29 is 23.8 Å². The highest BCUT2D eigenvalue weighted by Crippen LogP contribution is 2.15. The molecular formula is C61H108O5. The molecule has 0 bridgehead atoms. The van der Waals surface area contributed by atoms with Crippen LogP contribution in [-0.4, -0.2) is 37.9 Å². The minimum Gasteiger partial charge on any atom is -0.462 e. The fourth-order valence-corrected chi connectivity index (χ4v) is 7.90. The average Bonchev–Trinajstić information content (AvgIpc) is 3.32. The Labute approximate surface area is 410 Å². The minimum atomic E-state index is -0.551. The van der Waals surface area contributed by atoms with Crippen LogP contribution in [-0.2, 0) is 23.8 Å². The number of unbranched alkanes of at least 4 members (excludes halogenated alkanes) is 29. The summed E-state index contributed by atoms with van der Waals surface area (Å²) < 4.78 is 17.5. The zero-order chi connectivity index (χ0) is 47.7. The zero-order valence-electron chi connectivity index (χ0n) is 44.0. The number of ether oxygens (including phenoxy) is 3. The molecule has 0 aliphatic rings. The second-order valence-corrected chi connectivity index (χ2v) is 18.8. The summed E-state index contributed by atoms with van der Waals surface area (Å²) in [7, 11) is 0. The Morgan fingerprint density at radius 3 is 1.06 bits per heavy atom. The summed E-state index contributed by atoms with van der Waals surface area (Å²) in [6.07, 6.45) is 73.4. The first kappa shape index (κ1) is 63.3. The van der Waals surface area contributed by atoms with Crippen LogP contribution in [0, 0.1) is 0 Å². The molecule has 0 aromatic carbocycles. The normalized spacial score (nSPS) is 12.7. The van der Waals surface area contributed by atoms with Crippen LogP contribution in [0.1, 0.15) is 278 Å². The average molecular weight is 922 g/mol. The molecular weight excluding hydrogens is 813 g/mol. The molecule has 1 unspecified atom stereocenters. The number of esters is 2. The Balaban J connectivity index is 4.26. The molecule has 0 heterocycles. The fourth-order valence-electron chi connectivity index (χ4n) is 7.90. The fraction of sp³-hybridized carbons (Fsp3) is 0.770. The molecule has 0 saturated carbocycles. The number of carbonyl (C=O) groups is 2. The lowest BCUT2D eigenvalue weighted by Gasteiger charge is -2.18. The van der Waals surface area contributed by atoms with Crippen molar-refractivity contribution in [3.05, 3.63) is 72.9 Å². The highest BCUT2D eigenvalue weighted by atomic mass is 16.6. The summed E-state index contributed by atoms with van der Waals surface area (Å²) in [5, 5.41) is 0. The molecule has 66 heavy (non-hydrogen) atoms. The molecule has 0 spiro atoms. The van der Waals surface area contributed by atoms with Gasteiger partial charge < -0.3 is 14.2 Å². The van der Waals surface area contributed by atoms with Gasteiger partial charge >= 0.3 is 11.9 Å². The zero-order valence-corrected chi connectivity index (χ0v) is 44.0. The van der Waals surface area contributed by atoms with E-state index in [-0.39, 0.29) is 25.2 Å². The molecule has 0 rings (SSSR count). The highest BCUT2D eigenvalue weighted by Gasteiger charge is 2.17. The van der Waals surface area contributed by atoms with Gasteiger partial charge in [-0.25, -0.2) is 0 Å². The summed E-state index contributed by atoms with van der Waals surface area (Å²) in [6, 6.07) is 0. The van der Waals surface area contributed by atoms with Crippen molar-refractivity contribution in [1.29, 1.82) is 0 Å². The van der Waals surface area contributed by atoms with Gasteiger partial charge in [0.05, 0.1) is 6.61 Å². The van der Waals surface area contributed by atoms with Crippen LogP contribution in [0.4, 0.5) is 0 Å². The maximum atomic E-state index is 12.8. The van der Waals surface area contributed by atoms with Gasteiger partial charge in [-0.1, -0.05) is 229 Å². The minimum absolute atomic E-state index is 0.0731. The first-order valence-corrected chi connectivity index (χ1v) is 28.5. The van der Waals surface area contributed by atoms with Crippen molar-refractivity contribution in [2.24, 2.45) is 0 Å². The van der Waals surface area contributed by atoms with Gasteiger partial charge in [-0.05, 0) is 109 Å². The maximum Gasteiger partial charge on any atom is 0.306 e. The van der Waals surface area contributed by atoms with Crippen LogP contribution in [0.2, 0.25) is 0 Å². The molecule has 0 saturated heterocycles. The van der Waals surface area contributed by atoms with E-state index in [9.17, 15) is 9.59 Å². The third kappa shape index (κ3) is 54.0. The maximum absolute atomic E-state index is 12.8. The second-order valence-electron chi connectivity index (χ2n) is 18.8. The van der Waals surface area contributed by atoms with Gasteiger partial charge in [-0.3, -0.25) is 9.59 Å². The lowest BCUT2D eigenvalue weighted by molar-refractivity contribution is -0.163. The van der Waals surface area contributed by atoms with Gasteiger partial charge in [0.2, 0.25) is 0 Å². The van der Waals surface area contributed by atoms with Crippen molar-refractivity contribution in [1.82, 2.24) is 0 Å². The molecule has 0 fully saturated rings. The quantitative estimate of drug-likeness (QED) is 0.0346. The Bertz CT molecular complexity index is 1180. The molecule has 0 aliphatic carbocycles. The Kier molecular flexibility index (Phi) is 54.4. The molecule has 5 heteroatoms. The molecule has 0 aromatic rings. The molecule has 0 aromatic heterocycles. The summed E-state index contributed by atoms with van der Waals surface area (Å²) in [5.41, 5.74) is 0. The van der Waals surface area contributed by atoms with Crippen molar-refractivity contribution in [3.8, 4) is 0 Å². The number of hydrogen-bond donors (Lipinski definition) is 0. The molecule has 0 aliphatic heterocycles. The summed E-state index contributed by atoms with van der Waals surface area (Å²) >= 11 is 0. The van der Waals surface area contributed by atoms with E-state index >= 15 is 0 Å². The summed E-state index contributed by atoms with van der Waals surface area (Å²) in [4.78, 5) is 25.5. The van der Waals surface area contributed by atoms with Crippen molar-refractivity contribution in [2.45, 2.75) is 284 Å². The van der Waals surface area contributed by atoms with E-state index in [4.69, 9.17) is 14.2 Å². The number of allylic oxidation sites excluding steroid dienone is 12. The van der Waals surface area contributed by atoms with Gasteiger partial charge in [-0.2, -0.15) is 0 Å². The Morgan fingerprint density at radius 1 is 0.333 bits per heavy atom. The van der Waals surface area contributed by atoms with Crippen molar-refractivity contribution >= 4 is 11.9 Å². The monoisotopic (exact) mass is 921 g/mol. The topological polar surface area (TPSA) is 61.8 Å². The van der Waals surface area contributed by atoms with Crippen LogP contribution in [0.3, 0.4) is 0 Å². The standard InChI is InChI=1S/C61H108O5/c1-4-7-10-13-16-19-22-25-27-29-30-31-33-35-38-41-44-47-50-53-56-64-57-59(66-61(63)55-52-49-46-43-40-36-24-21-18-15-12-9-6-3)58-65-60(62)54-51-48-45-42-39-37-34-32-28-26-23-20-17-14-11-8-5-2/h12,15-17,19-21,24-28,59H,4-11,13-14,18,22-23,29-58H2,1-3H3/b15-12-,19-16-,20-17-,24-21-,27-25-,28-26-. The van der Waals surface area contributed by atoms with E-state index < -0.39 is 6.10 Å². The van der Waals surface area contributed by atoms with Gasteiger partial charge in [0.1, 0.15) is 6.61 Å². The van der Waals surface area contributed by atoms with Crippen molar-refractivity contribution in [3.63, 3.8) is 0 Å². The lowest BCUT2D eigenvalue weighted by atomic mass is 10.1. The predicted octanol–water partition coefficient (Wildman–Crippen LogP) is 19.5. The van der Waals surface area contributed by atoms with E-state index in [1.165, 1.54) is 167 Å². The second kappa shape index (κ2) is 56.7. The number of carbonyl (C=O) groups excluding carboxylic acids is 2. The van der Waals surface area contributed by atoms with Crippen LogP contribution < -0.4 is 0 Å². The molecule has 1 atom stereocenters. The van der Waals surface area contributed by atoms with Gasteiger partial charge in [0.25, 0.3) is 0 Å². The Morgan fingerprint density at radius 2 is 0.667 bits per heavy atom. The molecule has 0 amide bonds. The number of rotatable bonds is 52. The van der Waals surface area contributed by atoms with E-state index in [0.717, 1.165) is 77.0 Å². The first-order valence-electron chi connectivity index (χ1n) is 28.5. The van der Waals surface area contributed by atoms with Gasteiger partial charge in [-0.15, -0.1) is 0 Å². The van der Waals surface area contributed by atoms with Crippen LogP contribution >= 0.6 is 0 Å². The van der Waals surface area contributed by atoms with Crippen molar-refractivity contribution in [2.75, 3.05) is 19.8 Å². The Hall–Kier alpha value is -2.66. The molecule has 5 nitrogen and oxygen atoms in total. The smallest absolute Gasteiger partial charge is 0.306 e. The predicted molar refractivity (Wildman–Crippen MR) is 288 cm³/mol. The lowest BCUT2D eigenvalue weighted by Crippen LogP contribution is -2.30. The number of hydrogen-bond acceptors (Lipinski definition) is 5. The molecule has 0 radical (unpaired) electrons. The van der Waals surface area contributed by atoms with E-state index in [1.54, 1.807) is 0 Å².